The smallest absolute Gasteiger partial charge is 0.237 e. The Morgan fingerprint density at radius 1 is 1.19 bits per heavy atom. The lowest BCUT2D eigenvalue weighted by Gasteiger charge is -2.14. The molecule has 0 aliphatic rings. The SMILES string of the molecule is COc1ccc(CNc2nnc(SC(C)C(=O)Nc3cc(C)c(Cl)cc3OC)s2)cc1. The Hall–Kier alpha value is -2.49. The number of anilines is 2. The van der Waals surface area contributed by atoms with Crippen LogP contribution < -0.4 is 20.1 Å². The van der Waals surface area contributed by atoms with E-state index in [9.17, 15) is 4.79 Å². The van der Waals surface area contributed by atoms with Crippen molar-refractivity contribution in [3.63, 3.8) is 0 Å². The van der Waals surface area contributed by atoms with Gasteiger partial charge in [-0.15, -0.1) is 10.2 Å². The monoisotopic (exact) mass is 478 g/mol. The number of hydrogen-bond donors (Lipinski definition) is 2. The van der Waals surface area contributed by atoms with E-state index in [1.807, 2.05) is 38.1 Å². The number of aromatic nitrogens is 2. The van der Waals surface area contributed by atoms with Crippen LogP contribution in [0.1, 0.15) is 18.1 Å². The molecule has 0 saturated carbocycles. The lowest BCUT2D eigenvalue weighted by atomic mass is 10.2. The molecule has 1 amide bonds. The fourth-order valence-electron chi connectivity index (χ4n) is 2.62. The lowest BCUT2D eigenvalue weighted by molar-refractivity contribution is -0.115. The highest BCUT2D eigenvalue weighted by Gasteiger charge is 2.19. The summed E-state index contributed by atoms with van der Waals surface area (Å²) in [5.41, 5.74) is 2.54. The Morgan fingerprint density at radius 2 is 1.94 bits per heavy atom. The second-order valence-electron chi connectivity index (χ2n) is 6.63. The zero-order valence-electron chi connectivity index (χ0n) is 17.6. The van der Waals surface area contributed by atoms with Gasteiger partial charge in [0.2, 0.25) is 11.0 Å². The summed E-state index contributed by atoms with van der Waals surface area (Å²) < 4.78 is 11.2. The Balaban J connectivity index is 1.56. The summed E-state index contributed by atoms with van der Waals surface area (Å²) in [7, 11) is 3.18. The van der Waals surface area contributed by atoms with Crippen molar-refractivity contribution in [3.8, 4) is 11.5 Å². The predicted molar refractivity (Wildman–Crippen MR) is 127 cm³/mol. The van der Waals surface area contributed by atoms with E-state index in [4.69, 9.17) is 21.1 Å². The van der Waals surface area contributed by atoms with Gasteiger partial charge in [0.1, 0.15) is 11.5 Å². The Bertz CT molecular complexity index is 1040. The molecule has 0 fully saturated rings. The van der Waals surface area contributed by atoms with Crippen LogP contribution in [0.4, 0.5) is 10.8 Å². The molecular formula is C21H23ClN4O3S2. The van der Waals surface area contributed by atoms with Crippen molar-refractivity contribution in [2.24, 2.45) is 0 Å². The molecule has 0 aliphatic carbocycles. The first-order valence-corrected chi connectivity index (χ1v) is 11.5. The van der Waals surface area contributed by atoms with Gasteiger partial charge in [0, 0.05) is 17.6 Å². The minimum absolute atomic E-state index is 0.159. The van der Waals surface area contributed by atoms with Crippen molar-refractivity contribution in [1.29, 1.82) is 0 Å². The van der Waals surface area contributed by atoms with E-state index >= 15 is 0 Å². The van der Waals surface area contributed by atoms with Crippen LogP contribution in [0, 0.1) is 6.92 Å². The molecule has 0 bridgehead atoms. The van der Waals surface area contributed by atoms with Crippen molar-refractivity contribution in [2.45, 2.75) is 30.0 Å². The van der Waals surface area contributed by atoms with Gasteiger partial charge in [-0.3, -0.25) is 4.79 Å². The molecule has 1 atom stereocenters. The van der Waals surface area contributed by atoms with E-state index < -0.39 is 0 Å². The fraction of sp³-hybridized carbons (Fsp3) is 0.286. The summed E-state index contributed by atoms with van der Waals surface area (Å²) in [5, 5.41) is 15.4. The van der Waals surface area contributed by atoms with Crippen LogP contribution >= 0.6 is 34.7 Å². The second kappa shape index (κ2) is 10.7. The van der Waals surface area contributed by atoms with E-state index in [0.29, 0.717) is 32.5 Å². The standard InChI is InChI=1S/C21H23ClN4O3S2/c1-12-9-17(18(29-4)10-16(12)22)24-19(27)13(2)30-21-26-25-20(31-21)23-11-14-5-7-15(28-3)8-6-14/h5-10,13H,11H2,1-4H3,(H,23,25)(H,24,27). The van der Waals surface area contributed by atoms with Crippen LogP contribution in [0.2, 0.25) is 5.02 Å². The van der Waals surface area contributed by atoms with Crippen LogP contribution in [-0.4, -0.2) is 35.6 Å². The molecule has 0 aliphatic heterocycles. The average molecular weight is 479 g/mol. The number of carbonyl (C=O) groups excluding carboxylic acids is 1. The summed E-state index contributed by atoms with van der Waals surface area (Å²) in [5.74, 6) is 1.17. The first-order valence-electron chi connectivity index (χ1n) is 9.41. The fourth-order valence-corrected chi connectivity index (χ4v) is 4.66. The minimum atomic E-state index is -0.372. The van der Waals surface area contributed by atoms with Crippen LogP contribution in [0.25, 0.3) is 0 Å². The van der Waals surface area contributed by atoms with E-state index in [2.05, 4.69) is 20.8 Å². The van der Waals surface area contributed by atoms with Crippen molar-refractivity contribution >= 4 is 51.4 Å². The van der Waals surface area contributed by atoms with Crippen LogP contribution in [-0.2, 0) is 11.3 Å². The Morgan fingerprint density at radius 3 is 2.61 bits per heavy atom. The van der Waals surface area contributed by atoms with Gasteiger partial charge in [0.05, 0.1) is 25.2 Å². The molecule has 0 spiro atoms. The van der Waals surface area contributed by atoms with Crippen molar-refractivity contribution < 1.29 is 14.3 Å². The van der Waals surface area contributed by atoms with Gasteiger partial charge < -0.3 is 20.1 Å². The quantitative estimate of drug-likeness (QED) is 0.406. The zero-order valence-corrected chi connectivity index (χ0v) is 20.0. The molecule has 10 heteroatoms. The highest BCUT2D eigenvalue weighted by Crippen LogP contribution is 2.33. The third-order valence-corrected chi connectivity index (χ3v) is 6.87. The maximum atomic E-state index is 12.7. The molecule has 3 aromatic rings. The van der Waals surface area contributed by atoms with Crippen molar-refractivity contribution in [3.05, 3.63) is 52.5 Å². The molecule has 2 N–H and O–H groups in total. The summed E-state index contributed by atoms with van der Waals surface area (Å²) >= 11 is 8.88. The van der Waals surface area contributed by atoms with Crippen LogP contribution in [0.15, 0.2) is 40.7 Å². The van der Waals surface area contributed by atoms with Gasteiger partial charge in [-0.25, -0.2) is 0 Å². The minimum Gasteiger partial charge on any atom is -0.497 e. The van der Waals surface area contributed by atoms with E-state index in [0.717, 1.165) is 16.9 Å². The molecule has 0 saturated heterocycles. The molecule has 31 heavy (non-hydrogen) atoms. The van der Waals surface area contributed by atoms with Crippen LogP contribution in [0.5, 0.6) is 11.5 Å². The number of hydrogen-bond acceptors (Lipinski definition) is 8. The Kier molecular flexibility index (Phi) is 8.00. The second-order valence-corrected chi connectivity index (χ2v) is 9.60. The molecule has 1 aromatic heterocycles. The summed E-state index contributed by atoms with van der Waals surface area (Å²) in [6, 6.07) is 11.3. The number of carbonyl (C=O) groups is 1. The predicted octanol–water partition coefficient (Wildman–Crippen LogP) is 5.25. The summed E-state index contributed by atoms with van der Waals surface area (Å²) in [4.78, 5) is 12.7. The first-order chi connectivity index (χ1) is 14.9. The highest BCUT2D eigenvalue weighted by atomic mass is 35.5. The number of thioether (sulfide) groups is 1. The molecule has 1 unspecified atom stereocenters. The third kappa shape index (κ3) is 6.25. The normalized spacial score (nSPS) is 11.6. The number of benzene rings is 2. The van der Waals surface area contributed by atoms with Gasteiger partial charge >= 0.3 is 0 Å². The number of nitrogens with zero attached hydrogens (tertiary/aromatic N) is 2. The average Bonchev–Trinajstić information content (AvgIpc) is 3.22. The number of ether oxygens (including phenoxy) is 2. The molecule has 3 rings (SSSR count). The van der Waals surface area contributed by atoms with Gasteiger partial charge in [-0.05, 0) is 43.2 Å². The summed E-state index contributed by atoms with van der Waals surface area (Å²) in [6.45, 7) is 4.31. The molecule has 1 heterocycles. The molecular weight excluding hydrogens is 456 g/mol. The Labute approximate surface area is 194 Å². The largest absolute Gasteiger partial charge is 0.497 e. The van der Waals surface area contributed by atoms with Crippen molar-refractivity contribution in [2.75, 3.05) is 24.9 Å². The first kappa shape index (κ1) is 23.2. The third-order valence-electron chi connectivity index (χ3n) is 4.39. The topological polar surface area (TPSA) is 85.4 Å². The number of nitrogens with one attached hydrogen (secondary N) is 2. The highest BCUT2D eigenvalue weighted by molar-refractivity contribution is 8.02. The lowest BCUT2D eigenvalue weighted by Crippen LogP contribution is -2.22. The van der Waals surface area contributed by atoms with Crippen molar-refractivity contribution in [1.82, 2.24) is 10.2 Å². The zero-order chi connectivity index (χ0) is 22.4. The number of aryl methyl sites for hydroxylation is 1. The van der Waals surface area contributed by atoms with Gasteiger partial charge in [0.15, 0.2) is 4.34 Å². The summed E-state index contributed by atoms with van der Waals surface area (Å²) in [6.07, 6.45) is 0. The molecule has 164 valence electrons. The van der Waals surface area contributed by atoms with Gasteiger partial charge in [0.25, 0.3) is 0 Å². The molecule has 0 radical (unpaired) electrons. The molecule has 2 aromatic carbocycles. The number of rotatable bonds is 9. The van der Waals surface area contributed by atoms with Gasteiger partial charge in [-0.1, -0.05) is 46.8 Å². The number of halogens is 1. The van der Waals surface area contributed by atoms with Crippen LogP contribution in [0.3, 0.4) is 0 Å². The maximum absolute atomic E-state index is 12.7. The van der Waals surface area contributed by atoms with E-state index in [1.165, 1.54) is 30.2 Å². The number of amides is 1. The molecule has 7 nitrogen and oxygen atoms in total. The van der Waals surface area contributed by atoms with Gasteiger partial charge in [-0.2, -0.15) is 0 Å². The maximum Gasteiger partial charge on any atom is 0.237 e. The van der Waals surface area contributed by atoms with E-state index in [-0.39, 0.29) is 11.2 Å². The number of methoxy groups -OCH3 is 2. The van der Waals surface area contributed by atoms with E-state index in [1.54, 1.807) is 19.2 Å².